The number of carbonyl (C=O) groups is 2. The molecule has 2 aromatic rings. The van der Waals surface area contributed by atoms with Gasteiger partial charge in [0.05, 0.1) is 12.3 Å². The van der Waals surface area contributed by atoms with Crippen LogP contribution < -0.4 is 10.6 Å². The van der Waals surface area contributed by atoms with Crippen LogP contribution in [0.5, 0.6) is 0 Å². The molecule has 2 amide bonds. The summed E-state index contributed by atoms with van der Waals surface area (Å²) in [5.74, 6) is -0.996. The molecule has 0 aliphatic rings. The van der Waals surface area contributed by atoms with Crippen LogP contribution in [-0.2, 0) is 8.53 Å². The van der Waals surface area contributed by atoms with Crippen molar-refractivity contribution in [3.05, 3.63) is 47.4 Å². The lowest BCUT2D eigenvalue weighted by molar-refractivity contribution is 0.0525. The normalized spacial score (nSPS) is 11.0. The first kappa shape index (κ1) is 20.2. The number of halogens is 3. The van der Waals surface area contributed by atoms with Gasteiger partial charge in [0.2, 0.25) is 3.79 Å². The minimum Gasteiger partial charge on any atom is -0.462 e. The predicted octanol–water partition coefficient (Wildman–Crippen LogP) is 4.43. The summed E-state index contributed by atoms with van der Waals surface area (Å²) in [4.78, 5) is 32.5. The van der Waals surface area contributed by atoms with Gasteiger partial charge in [-0.05, 0) is 26.0 Å². The van der Waals surface area contributed by atoms with E-state index in [1.165, 1.54) is 6.92 Å². The van der Waals surface area contributed by atoms with Gasteiger partial charge in [-0.15, -0.1) is 0 Å². The molecule has 7 nitrogen and oxygen atoms in total. The minimum atomic E-state index is -1.93. The van der Waals surface area contributed by atoms with Gasteiger partial charge in [0.1, 0.15) is 5.56 Å². The lowest BCUT2D eigenvalue weighted by atomic mass is 10.2. The molecular formula is C16H15Cl3N4O3. The molecule has 1 aromatic carbocycles. The van der Waals surface area contributed by atoms with E-state index in [2.05, 4.69) is 20.6 Å². The summed E-state index contributed by atoms with van der Waals surface area (Å²) in [6.45, 7) is 3.31. The topological polar surface area (TPSA) is 93.2 Å². The Balaban J connectivity index is 2.38. The quantitative estimate of drug-likeness (QED) is 0.567. The second kappa shape index (κ2) is 8.53. The van der Waals surface area contributed by atoms with E-state index < -0.39 is 15.8 Å². The first-order valence-corrected chi connectivity index (χ1v) is 8.61. The molecule has 0 radical (unpaired) electrons. The number of benzene rings is 1. The van der Waals surface area contributed by atoms with Gasteiger partial charge in [-0.1, -0.05) is 53.0 Å². The van der Waals surface area contributed by atoms with Crippen LogP contribution in [-0.4, -0.2) is 28.6 Å². The number of aryl methyl sites for hydroxylation is 1. The van der Waals surface area contributed by atoms with Crippen LogP contribution in [0.4, 0.5) is 16.3 Å². The Morgan fingerprint density at radius 3 is 2.35 bits per heavy atom. The number of aromatic nitrogens is 2. The molecule has 0 bridgehead atoms. The third-order valence-electron chi connectivity index (χ3n) is 3.09. The fourth-order valence-corrected chi connectivity index (χ4v) is 2.28. The van der Waals surface area contributed by atoms with E-state index in [4.69, 9.17) is 39.5 Å². The molecule has 0 unspecified atom stereocenters. The van der Waals surface area contributed by atoms with E-state index in [1.807, 2.05) is 6.07 Å². The van der Waals surface area contributed by atoms with Crippen molar-refractivity contribution in [2.45, 2.75) is 17.6 Å². The summed E-state index contributed by atoms with van der Waals surface area (Å²) in [7, 11) is 0. The van der Waals surface area contributed by atoms with Gasteiger partial charge in [-0.3, -0.25) is 5.32 Å². The summed E-state index contributed by atoms with van der Waals surface area (Å²) >= 11 is 17.5. The van der Waals surface area contributed by atoms with Gasteiger partial charge in [-0.25, -0.2) is 19.6 Å². The molecule has 2 N–H and O–H groups in total. The summed E-state index contributed by atoms with van der Waals surface area (Å²) in [6, 6.07) is 8.09. The van der Waals surface area contributed by atoms with E-state index in [0.29, 0.717) is 5.69 Å². The molecule has 2 rings (SSSR count). The number of rotatable bonds is 4. The molecule has 0 atom stereocenters. The smallest absolute Gasteiger partial charge is 0.343 e. The number of para-hydroxylation sites is 1. The maximum absolute atomic E-state index is 12.3. The van der Waals surface area contributed by atoms with Gasteiger partial charge in [0.25, 0.3) is 0 Å². The molecular weight excluding hydrogens is 403 g/mol. The number of esters is 1. The van der Waals surface area contributed by atoms with Crippen LogP contribution in [0.25, 0.3) is 0 Å². The van der Waals surface area contributed by atoms with Crippen molar-refractivity contribution < 1.29 is 14.3 Å². The second-order valence-corrected chi connectivity index (χ2v) is 7.30. The summed E-state index contributed by atoms with van der Waals surface area (Å²) in [5.41, 5.74) is 0.734. The molecule has 0 spiro atoms. The minimum absolute atomic E-state index is 0.0203. The first-order valence-electron chi connectivity index (χ1n) is 7.48. The average molecular weight is 418 g/mol. The number of anilines is 2. The van der Waals surface area contributed by atoms with E-state index >= 15 is 0 Å². The maximum Gasteiger partial charge on any atom is 0.343 e. The van der Waals surface area contributed by atoms with Crippen LogP contribution in [0, 0.1) is 6.92 Å². The zero-order chi connectivity index (χ0) is 19.3. The lowest BCUT2D eigenvalue weighted by Gasteiger charge is -2.16. The zero-order valence-electron chi connectivity index (χ0n) is 13.8. The average Bonchev–Trinajstić information content (AvgIpc) is 2.54. The van der Waals surface area contributed by atoms with Crippen LogP contribution >= 0.6 is 34.8 Å². The van der Waals surface area contributed by atoms with Crippen molar-refractivity contribution in [2.75, 3.05) is 17.2 Å². The number of carbonyl (C=O) groups excluding carboxylic acids is 2. The number of nitrogens with zero attached hydrogens (tertiary/aromatic N) is 2. The Kier molecular flexibility index (Phi) is 6.63. The van der Waals surface area contributed by atoms with Crippen molar-refractivity contribution in [2.24, 2.45) is 0 Å². The van der Waals surface area contributed by atoms with Crippen LogP contribution in [0.2, 0.25) is 0 Å². The lowest BCUT2D eigenvalue weighted by Crippen LogP contribution is -2.25. The highest BCUT2D eigenvalue weighted by atomic mass is 35.6. The fraction of sp³-hybridized carbons (Fsp3) is 0.250. The monoisotopic (exact) mass is 416 g/mol. The number of alkyl halides is 3. The van der Waals surface area contributed by atoms with E-state index in [-0.39, 0.29) is 29.5 Å². The standard InChI is InChI=1S/C16H15Cl3N4O3/c1-3-26-13(24)11-9(2)20-14(16(17,18)19)22-12(11)23-15(25)21-10-7-5-4-6-8-10/h4-8H,3H2,1-2H3,(H2,20,21,22,23,25). The summed E-state index contributed by atoms with van der Waals surface area (Å²) in [6.07, 6.45) is 0. The summed E-state index contributed by atoms with van der Waals surface area (Å²) < 4.78 is 3.06. The Bertz CT molecular complexity index is 810. The number of nitrogens with one attached hydrogen (secondary N) is 2. The number of hydrogen-bond acceptors (Lipinski definition) is 5. The Morgan fingerprint density at radius 2 is 1.77 bits per heavy atom. The molecule has 138 valence electrons. The van der Waals surface area contributed by atoms with Crippen molar-refractivity contribution in [3.63, 3.8) is 0 Å². The van der Waals surface area contributed by atoms with Gasteiger partial charge in [-0.2, -0.15) is 0 Å². The highest BCUT2D eigenvalue weighted by Crippen LogP contribution is 2.37. The van der Waals surface area contributed by atoms with Crippen LogP contribution in [0.15, 0.2) is 30.3 Å². The largest absolute Gasteiger partial charge is 0.462 e. The highest BCUT2D eigenvalue weighted by Gasteiger charge is 2.31. The SMILES string of the molecule is CCOC(=O)c1c(C)nc(C(Cl)(Cl)Cl)nc1NC(=O)Nc1ccccc1. The second-order valence-electron chi connectivity index (χ2n) is 5.02. The van der Waals surface area contributed by atoms with Crippen LogP contribution in [0.3, 0.4) is 0 Å². The van der Waals surface area contributed by atoms with Gasteiger partial charge in [0, 0.05) is 5.69 Å². The Hall–Kier alpha value is -2.09. The number of urea groups is 1. The zero-order valence-corrected chi connectivity index (χ0v) is 16.1. The van der Waals surface area contributed by atoms with Crippen molar-refractivity contribution in [1.29, 1.82) is 0 Å². The molecule has 0 fully saturated rings. The molecule has 0 aliphatic carbocycles. The van der Waals surface area contributed by atoms with Crippen molar-refractivity contribution in [3.8, 4) is 0 Å². The fourth-order valence-electron chi connectivity index (χ4n) is 2.03. The molecule has 0 aliphatic heterocycles. The van der Waals surface area contributed by atoms with E-state index in [0.717, 1.165) is 0 Å². The van der Waals surface area contributed by atoms with E-state index in [1.54, 1.807) is 31.2 Å². The third-order valence-corrected chi connectivity index (χ3v) is 3.59. The molecule has 26 heavy (non-hydrogen) atoms. The molecule has 0 saturated carbocycles. The Labute approximate surface area is 165 Å². The first-order chi connectivity index (χ1) is 12.2. The summed E-state index contributed by atoms with van der Waals surface area (Å²) in [5, 5.41) is 5.08. The number of hydrogen-bond donors (Lipinski definition) is 2. The third kappa shape index (κ3) is 5.20. The molecule has 0 saturated heterocycles. The van der Waals surface area contributed by atoms with Crippen molar-refractivity contribution in [1.82, 2.24) is 9.97 Å². The van der Waals surface area contributed by atoms with E-state index in [9.17, 15) is 9.59 Å². The number of amides is 2. The predicted molar refractivity (Wildman–Crippen MR) is 101 cm³/mol. The van der Waals surface area contributed by atoms with Gasteiger partial charge >= 0.3 is 12.0 Å². The Morgan fingerprint density at radius 1 is 1.12 bits per heavy atom. The maximum atomic E-state index is 12.3. The molecule has 1 heterocycles. The highest BCUT2D eigenvalue weighted by molar-refractivity contribution is 6.66. The molecule has 10 heteroatoms. The van der Waals surface area contributed by atoms with Crippen molar-refractivity contribution >= 4 is 58.3 Å². The number of ether oxygens (including phenoxy) is 1. The van der Waals surface area contributed by atoms with Gasteiger partial charge in [0.15, 0.2) is 11.6 Å². The molecule has 1 aromatic heterocycles. The van der Waals surface area contributed by atoms with Gasteiger partial charge < -0.3 is 10.1 Å². The van der Waals surface area contributed by atoms with Crippen LogP contribution in [0.1, 0.15) is 28.8 Å².